The predicted octanol–water partition coefficient (Wildman–Crippen LogP) is 2.52. The fourth-order valence-electron chi connectivity index (χ4n) is 1.71. The average molecular weight is 295 g/mol. The summed E-state index contributed by atoms with van der Waals surface area (Å²) in [6, 6.07) is 7.76. The maximum absolute atomic E-state index is 10.7. The van der Waals surface area contributed by atoms with Crippen molar-refractivity contribution in [3.8, 4) is 0 Å². The molecule has 0 amide bonds. The van der Waals surface area contributed by atoms with Gasteiger partial charge in [0.2, 0.25) is 0 Å². The third-order valence-electron chi connectivity index (χ3n) is 2.44. The number of rotatable bonds is 3. The lowest BCUT2D eigenvalue weighted by Crippen LogP contribution is -2.26. The number of likely N-dealkylation sites (N-methyl/N-ethyl adjacent to an activating group) is 1. The highest BCUT2D eigenvalue weighted by atomic mass is 79.9. The normalized spacial score (nSPS) is 10.5. The molecule has 0 atom stereocenters. The molecule has 2 rings (SSSR count). The van der Waals surface area contributed by atoms with E-state index < -0.39 is 5.97 Å². The van der Waals surface area contributed by atoms with Crippen molar-refractivity contribution in [3.05, 3.63) is 34.9 Å². The van der Waals surface area contributed by atoms with Crippen molar-refractivity contribution in [2.75, 3.05) is 18.5 Å². The molecule has 0 spiro atoms. The largest absolute Gasteiger partial charge is 0.480 e. The molecule has 0 saturated carbocycles. The summed E-state index contributed by atoms with van der Waals surface area (Å²) in [6.07, 6.45) is 1.68. The fraction of sp³-hybridized carbons (Fsp3) is 0.167. The number of halogens is 1. The van der Waals surface area contributed by atoms with Gasteiger partial charge in [-0.1, -0.05) is 22.0 Å². The molecule has 0 radical (unpaired) electrons. The van der Waals surface area contributed by atoms with E-state index in [1.165, 1.54) is 0 Å². The number of carboxylic acids is 1. The first-order valence-corrected chi connectivity index (χ1v) is 5.84. The van der Waals surface area contributed by atoms with Crippen LogP contribution in [0, 0.1) is 0 Å². The van der Waals surface area contributed by atoms with Gasteiger partial charge in [-0.05, 0) is 23.6 Å². The third-order valence-corrected chi connectivity index (χ3v) is 2.93. The summed E-state index contributed by atoms with van der Waals surface area (Å²) in [6.45, 7) is -0.0708. The summed E-state index contributed by atoms with van der Waals surface area (Å²) >= 11 is 3.40. The van der Waals surface area contributed by atoms with E-state index >= 15 is 0 Å². The van der Waals surface area contributed by atoms with Crippen LogP contribution < -0.4 is 4.90 Å². The lowest BCUT2D eigenvalue weighted by Gasteiger charge is -2.17. The van der Waals surface area contributed by atoms with Crippen LogP contribution in [0.1, 0.15) is 0 Å². The van der Waals surface area contributed by atoms with Gasteiger partial charge in [0.1, 0.15) is 12.4 Å². The summed E-state index contributed by atoms with van der Waals surface area (Å²) in [4.78, 5) is 16.6. The van der Waals surface area contributed by atoms with Crippen molar-refractivity contribution < 1.29 is 9.90 Å². The number of nitrogens with zero attached hydrogens (tertiary/aromatic N) is 2. The predicted molar refractivity (Wildman–Crippen MR) is 70.3 cm³/mol. The first-order valence-electron chi connectivity index (χ1n) is 5.05. The van der Waals surface area contributed by atoms with Crippen molar-refractivity contribution in [2.24, 2.45) is 0 Å². The molecule has 17 heavy (non-hydrogen) atoms. The molecule has 0 aliphatic heterocycles. The van der Waals surface area contributed by atoms with E-state index in [2.05, 4.69) is 20.9 Å². The SMILES string of the molecule is CN(CC(=O)O)c1nccc2ccc(Br)cc12. The lowest BCUT2D eigenvalue weighted by molar-refractivity contribution is -0.135. The number of fused-ring (bicyclic) bond motifs is 1. The molecule has 0 saturated heterocycles. The van der Waals surface area contributed by atoms with Gasteiger partial charge < -0.3 is 10.0 Å². The molecular formula is C12H11BrN2O2. The second-order valence-electron chi connectivity index (χ2n) is 3.75. The minimum Gasteiger partial charge on any atom is -0.480 e. The van der Waals surface area contributed by atoms with E-state index in [-0.39, 0.29) is 6.54 Å². The first kappa shape index (κ1) is 11.9. The number of carbonyl (C=O) groups is 1. The Kier molecular flexibility index (Phi) is 3.28. The van der Waals surface area contributed by atoms with E-state index in [1.54, 1.807) is 18.1 Å². The molecule has 4 nitrogen and oxygen atoms in total. The van der Waals surface area contributed by atoms with E-state index in [4.69, 9.17) is 5.11 Å². The van der Waals surface area contributed by atoms with Crippen LogP contribution in [-0.4, -0.2) is 29.7 Å². The molecular weight excluding hydrogens is 284 g/mol. The maximum atomic E-state index is 10.7. The molecule has 5 heteroatoms. The second-order valence-corrected chi connectivity index (χ2v) is 4.67. The number of benzene rings is 1. The molecule has 0 aliphatic rings. The topological polar surface area (TPSA) is 53.4 Å². The van der Waals surface area contributed by atoms with Crippen LogP contribution in [0.2, 0.25) is 0 Å². The summed E-state index contributed by atoms with van der Waals surface area (Å²) < 4.78 is 0.947. The summed E-state index contributed by atoms with van der Waals surface area (Å²) in [7, 11) is 1.72. The quantitative estimate of drug-likeness (QED) is 0.945. The minimum atomic E-state index is -0.874. The maximum Gasteiger partial charge on any atom is 0.323 e. The van der Waals surface area contributed by atoms with Gasteiger partial charge in [-0.25, -0.2) is 4.98 Å². The number of hydrogen-bond donors (Lipinski definition) is 1. The van der Waals surface area contributed by atoms with E-state index in [9.17, 15) is 4.79 Å². The van der Waals surface area contributed by atoms with Crippen molar-refractivity contribution >= 4 is 38.5 Å². The number of anilines is 1. The number of aliphatic carboxylic acids is 1. The Hall–Kier alpha value is -1.62. The Labute approximate surface area is 107 Å². The van der Waals surface area contributed by atoms with Gasteiger partial charge in [0.25, 0.3) is 0 Å². The number of aromatic nitrogens is 1. The van der Waals surface area contributed by atoms with Crippen LogP contribution in [0.25, 0.3) is 10.8 Å². The summed E-state index contributed by atoms with van der Waals surface area (Å²) in [5, 5.41) is 10.8. The number of pyridine rings is 1. The second kappa shape index (κ2) is 4.71. The number of hydrogen-bond acceptors (Lipinski definition) is 3. The highest BCUT2D eigenvalue weighted by Crippen LogP contribution is 2.26. The lowest BCUT2D eigenvalue weighted by atomic mass is 10.1. The van der Waals surface area contributed by atoms with Crippen LogP contribution in [0.5, 0.6) is 0 Å². The van der Waals surface area contributed by atoms with Crippen LogP contribution in [-0.2, 0) is 4.79 Å². The fourth-order valence-corrected chi connectivity index (χ4v) is 2.07. The zero-order valence-corrected chi connectivity index (χ0v) is 10.8. The molecule has 0 bridgehead atoms. The van der Waals surface area contributed by atoms with Crippen molar-refractivity contribution in [3.63, 3.8) is 0 Å². The average Bonchev–Trinajstić information content (AvgIpc) is 2.27. The monoisotopic (exact) mass is 294 g/mol. The van der Waals surface area contributed by atoms with Crippen LogP contribution >= 0.6 is 15.9 Å². The minimum absolute atomic E-state index is 0.0708. The van der Waals surface area contributed by atoms with Gasteiger partial charge in [-0.15, -0.1) is 0 Å². The molecule has 1 aromatic carbocycles. The van der Waals surface area contributed by atoms with E-state index in [0.29, 0.717) is 5.82 Å². The van der Waals surface area contributed by atoms with Crippen molar-refractivity contribution in [2.45, 2.75) is 0 Å². The molecule has 1 heterocycles. The third kappa shape index (κ3) is 2.55. The van der Waals surface area contributed by atoms with Crippen molar-refractivity contribution in [1.29, 1.82) is 0 Å². The zero-order chi connectivity index (χ0) is 12.4. The molecule has 1 N–H and O–H groups in total. The highest BCUT2D eigenvalue weighted by molar-refractivity contribution is 9.10. The van der Waals surface area contributed by atoms with E-state index in [0.717, 1.165) is 15.2 Å². The van der Waals surface area contributed by atoms with Gasteiger partial charge in [0, 0.05) is 23.1 Å². The standard InChI is InChI=1S/C12H11BrN2O2/c1-15(7-11(16)17)12-10-6-9(13)3-2-8(10)4-5-14-12/h2-6H,7H2,1H3,(H,16,17). The van der Waals surface area contributed by atoms with Gasteiger partial charge in [-0.3, -0.25) is 4.79 Å². The summed E-state index contributed by atoms with van der Waals surface area (Å²) in [5.41, 5.74) is 0. The molecule has 88 valence electrons. The summed E-state index contributed by atoms with van der Waals surface area (Å²) in [5.74, 6) is -0.201. The van der Waals surface area contributed by atoms with Gasteiger partial charge in [-0.2, -0.15) is 0 Å². The Morgan fingerprint density at radius 3 is 2.94 bits per heavy atom. The zero-order valence-electron chi connectivity index (χ0n) is 9.22. The Morgan fingerprint density at radius 1 is 1.47 bits per heavy atom. The molecule has 2 aromatic rings. The Bertz CT molecular complexity index is 571. The van der Waals surface area contributed by atoms with Crippen molar-refractivity contribution in [1.82, 2.24) is 4.98 Å². The highest BCUT2D eigenvalue weighted by Gasteiger charge is 2.10. The Balaban J connectivity index is 2.52. The smallest absolute Gasteiger partial charge is 0.323 e. The van der Waals surface area contributed by atoms with E-state index in [1.807, 2.05) is 24.3 Å². The van der Waals surface area contributed by atoms with Crippen LogP contribution in [0.3, 0.4) is 0 Å². The van der Waals surface area contributed by atoms with Crippen LogP contribution in [0.15, 0.2) is 34.9 Å². The molecule has 1 aromatic heterocycles. The van der Waals surface area contributed by atoms with Gasteiger partial charge >= 0.3 is 5.97 Å². The van der Waals surface area contributed by atoms with Crippen LogP contribution in [0.4, 0.5) is 5.82 Å². The van der Waals surface area contributed by atoms with Gasteiger partial charge in [0.15, 0.2) is 0 Å². The molecule has 0 fully saturated rings. The Morgan fingerprint density at radius 2 is 2.24 bits per heavy atom. The molecule has 0 aliphatic carbocycles. The number of carboxylic acid groups (broad SMARTS) is 1. The van der Waals surface area contributed by atoms with Gasteiger partial charge in [0.05, 0.1) is 0 Å². The molecule has 0 unspecified atom stereocenters. The first-order chi connectivity index (χ1) is 8.08.